The van der Waals surface area contributed by atoms with Crippen molar-refractivity contribution in [2.75, 3.05) is 0 Å². The molecular formula is C20H16N2O5. The molecule has 1 unspecified atom stereocenters. The van der Waals surface area contributed by atoms with Crippen LogP contribution < -0.4 is 5.32 Å². The molecule has 0 bridgehead atoms. The van der Waals surface area contributed by atoms with Gasteiger partial charge in [0, 0.05) is 10.9 Å². The van der Waals surface area contributed by atoms with Crippen molar-refractivity contribution in [3.8, 4) is 11.3 Å². The summed E-state index contributed by atoms with van der Waals surface area (Å²) in [7, 11) is 0. The van der Waals surface area contributed by atoms with Gasteiger partial charge in [0.25, 0.3) is 5.91 Å². The molecule has 0 aliphatic heterocycles. The predicted octanol–water partition coefficient (Wildman–Crippen LogP) is 2.56. The highest BCUT2D eigenvalue weighted by atomic mass is 16.4. The number of carbonyl (C=O) groups excluding carboxylic acids is 1. The first-order valence-corrected chi connectivity index (χ1v) is 8.16. The molecule has 3 N–H and O–H groups in total. The molecule has 7 nitrogen and oxygen atoms in total. The third kappa shape index (κ3) is 4.09. The van der Waals surface area contributed by atoms with Gasteiger partial charge in [-0.25, -0.2) is 9.78 Å². The number of para-hydroxylation sites is 1. The SMILES string of the molecule is O=C(O)CC(NC(=O)c1cc(-c2ccccc2)nc2ccccc12)C(=O)O. The number of nitrogens with zero attached hydrogens (tertiary/aromatic N) is 1. The van der Waals surface area contributed by atoms with Crippen LogP contribution in [-0.4, -0.2) is 39.1 Å². The van der Waals surface area contributed by atoms with E-state index in [1.807, 2.05) is 30.3 Å². The first kappa shape index (κ1) is 18.1. The second kappa shape index (κ2) is 7.65. The minimum absolute atomic E-state index is 0.232. The van der Waals surface area contributed by atoms with E-state index in [1.165, 1.54) is 0 Å². The molecule has 0 aliphatic carbocycles. The van der Waals surface area contributed by atoms with E-state index in [1.54, 1.807) is 30.3 Å². The summed E-state index contributed by atoms with van der Waals surface area (Å²) in [5, 5.41) is 20.9. The molecule has 1 aromatic heterocycles. The van der Waals surface area contributed by atoms with Gasteiger partial charge in [-0.3, -0.25) is 9.59 Å². The number of rotatable bonds is 6. The average molecular weight is 364 g/mol. The summed E-state index contributed by atoms with van der Waals surface area (Å²) in [6.07, 6.45) is -0.713. The van der Waals surface area contributed by atoms with Crippen molar-refractivity contribution < 1.29 is 24.6 Å². The van der Waals surface area contributed by atoms with E-state index in [0.717, 1.165) is 5.56 Å². The summed E-state index contributed by atoms with van der Waals surface area (Å²) in [5.41, 5.74) is 2.17. The Hall–Kier alpha value is -3.74. The van der Waals surface area contributed by atoms with Gasteiger partial charge in [0.1, 0.15) is 6.04 Å². The van der Waals surface area contributed by atoms with Crippen LogP contribution in [0.5, 0.6) is 0 Å². The van der Waals surface area contributed by atoms with Gasteiger partial charge >= 0.3 is 11.9 Å². The highest BCUT2D eigenvalue weighted by molar-refractivity contribution is 6.08. The van der Waals surface area contributed by atoms with Gasteiger partial charge in [0.2, 0.25) is 0 Å². The molecule has 3 aromatic rings. The lowest BCUT2D eigenvalue weighted by atomic mass is 10.0. The van der Waals surface area contributed by atoms with Gasteiger partial charge in [-0.15, -0.1) is 0 Å². The summed E-state index contributed by atoms with van der Waals surface area (Å²) in [4.78, 5) is 39.4. The number of hydrogen-bond donors (Lipinski definition) is 3. The fourth-order valence-electron chi connectivity index (χ4n) is 2.73. The number of carboxylic acid groups (broad SMARTS) is 2. The number of amides is 1. The molecule has 27 heavy (non-hydrogen) atoms. The number of pyridine rings is 1. The Morgan fingerprint density at radius 1 is 0.963 bits per heavy atom. The van der Waals surface area contributed by atoms with Crippen molar-refractivity contribution in [3.63, 3.8) is 0 Å². The average Bonchev–Trinajstić information content (AvgIpc) is 2.66. The number of fused-ring (bicyclic) bond motifs is 1. The van der Waals surface area contributed by atoms with Gasteiger partial charge < -0.3 is 15.5 Å². The summed E-state index contributed by atoms with van der Waals surface area (Å²) < 4.78 is 0. The van der Waals surface area contributed by atoms with Gasteiger partial charge in [-0.2, -0.15) is 0 Å². The zero-order chi connectivity index (χ0) is 19.4. The van der Waals surface area contributed by atoms with E-state index in [2.05, 4.69) is 10.3 Å². The van der Waals surface area contributed by atoms with Crippen LogP contribution >= 0.6 is 0 Å². The number of carboxylic acids is 2. The lowest BCUT2D eigenvalue weighted by Crippen LogP contribution is -2.42. The van der Waals surface area contributed by atoms with E-state index in [-0.39, 0.29) is 5.56 Å². The van der Waals surface area contributed by atoms with Crippen molar-refractivity contribution in [2.24, 2.45) is 0 Å². The maximum Gasteiger partial charge on any atom is 0.326 e. The lowest BCUT2D eigenvalue weighted by molar-refractivity contribution is -0.145. The van der Waals surface area contributed by atoms with Crippen molar-refractivity contribution in [2.45, 2.75) is 12.5 Å². The molecular weight excluding hydrogens is 348 g/mol. The molecule has 0 saturated carbocycles. The molecule has 1 heterocycles. The van der Waals surface area contributed by atoms with Crippen molar-refractivity contribution in [1.29, 1.82) is 0 Å². The van der Waals surface area contributed by atoms with Crippen LogP contribution in [0.15, 0.2) is 60.7 Å². The van der Waals surface area contributed by atoms with Crippen molar-refractivity contribution >= 4 is 28.7 Å². The van der Waals surface area contributed by atoms with Crippen LogP contribution in [0.3, 0.4) is 0 Å². The zero-order valence-corrected chi connectivity index (χ0v) is 14.1. The highest BCUT2D eigenvalue weighted by Gasteiger charge is 2.24. The van der Waals surface area contributed by atoms with Crippen LogP contribution in [0.1, 0.15) is 16.8 Å². The molecule has 0 spiro atoms. The second-order valence-corrected chi connectivity index (χ2v) is 5.90. The van der Waals surface area contributed by atoms with E-state index < -0.39 is 30.3 Å². The fraction of sp³-hybridized carbons (Fsp3) is 0.100. The quantitative estimate of drug-likeness (QED) is 0.619. The largest absolute Gasteiger partial charge is 0.481 e. The molecule has 0 aliphatic rings. The number of aromatic nitrogens is 1. The number of benzene rings is 2. The smallest absolute Gasteiger partial charge is 0.326 e. The van der Waals surface area contributed by atoms with Crippen LogP contribution in [0.4, 0.5) is 0 Å². The minimum Gasteiger partial charge on any atom is -0.481 e. The molecule has 0 radical (unpaired) electrons. The Labute approximate surface area is 154 Å². The predicted molar refractivity (Wildman–Crippen MR) is 98.3 cm³/mol. The van der Waals surface area contributed by atoms with E-state index >= 15 is 0 Å². The maximum absolute atomic E-state index is 12.7. The second-order valence-electron chi connectivity index (χ2n) is 5.90. The first-order chi connectivity index (χ1) is 13.0. The van der Waals surface area contributed by atoms with Gasteiger partial charge in [-0.05, 0) is 12.1 Å². The Bertz CT molecular complexity index is 1020. The topological polar surface area (TPSA) is 117 Å². The number of nitrogens with one attached hydrogen (secondary N) is 1. The maximum atomic E-state index is 12.7. The molecule has 0 fully saturated rings. The summed E-state index contributed by atoms with van der Waals surface area (Å²) >= 11 is 0. The van der Waals surface area contributed by atoms with Crippen molar-refractivity contribution in [3.05, 3.63) is 66.2 Å². The first-order valence-electron chi connectivity index (χ1n) is 8.16. The third-order valence-corrected chi connectivity index (χ3v) is 4.01. The van der Waals surface area contributed by atoms with Crippen LogP contribution in [0.2, 0.25) is 0 Å². The van der Waals surface area contributed by atoms with Crippen molar-refractivity contribution in [1.82, 2.24) is 10.3 Å². The van der Waals surface area contributed by atoms with Crippen LogP contribution in [-0.2, 0) is 9.59 Å². The number of hydrogen-bond acceptors (Lipinski definition) is 4. The van der Waals surface area contributed by atoms with Crippen LogP contribution in [0.25, 0.3) is 22.2 Å². The Balaban J connectivity index is 2.05. The number of carbonyl (C=O) groups is 3. The Morgan fingerprint density at radius 2 is 1.63 bits per heavy atom. The summed E-state index contributed by atoms with van der Waals surface area (Å²) in [5.74, 6) is -3.39. The minimum atomic E-state index is -1.53. The van der Waals surface area contributed by atoms with E-state index in [9.17, 15) is 19.5 Å². The summed E-state index contributed by atoms with van der Waals surface area (Å²) in [6, 6.07) is 16.3. The number of aliphatic carboxylic acids is 2. The molecule has 7 heteroatoms. The van der Waals surface area contributed by atoms with Crippen LogP contribution in [0, 0.1) is 0 Å². The Morgan fingerprint density at radius 3 is 2.30 bits per heavy atom. The Kier molecular flexibility index (Phi) is 5.12. The standard InChI is InChI=1S/C20H16N2O5/c23-18(24)11-17(20(26)27)22-19(25)14-10-16(12-6-2-1-3-7-12)21-15-9-5-4-8-13(14)15/h1-10,17H,11H2,(H,22,25)(H,23,24)(H,26,27). The van der Waals surface area contributed by atoms with E-state index in [0.29, 0.717) is 16.6 Å². The third-order valence-electron chi connectivity index (χ3n) is 4.01. The molecule has 136 valence electrons. The normalized spacial score (nSPS) is 11.7. The van der Waals surface area contributed by atoms with E-state index in [4.69, 9.17) is 5.11 Å². The monoisotopic (exact) mass is 364 g/mol. The highest BCUT2D eigenvalue weighted by Crippen LogP contribution is 2.24. The fourth-order valence-corrected chi connectivity index (χ4v) is 2.73. The molecule has 0 saturated heterocycles. The van der Waals surface area contributed by atoms with Gasteiger partial charge in [0.05, 0.1) is 23.2 Å². The van der Waals surface area contributed by atoms with Gasteiger partial charge in [0.15, 0.2) is 0 Å². The summed E-state index contributed by atoms with van der Waals surface area (Å²) in [6.45, 7) is 0. The zero-order valence-electron chi connectivity index (χ0n) is 14.1. The lowest BCUT2D eigenvalue weighted by Gasteiger charge is -2.14. The molecule has 2 aromatic carbocycles. The molecule has 3 rings (SSSR count). The molecule has 1 atom stereocenters. The molecule has 1 amide bonds. The van der Waals surface area contributed by atoms with Gasteiger partial charge in [-0.1, -0.05) is 48.5 Å².